The Morgan fingerprint density at radius 3 is 2.86 bits per heavy atom. The number of rotatable bonds is 5. The number of nitro groups is 1. The molecule has 0 aromatic carbocycles. The summed E-state index contributed by atoms with van der Waals surface area (Å²) in [5, 5.41) is 11.2. The van der Waals surface area contributed by atoms with Crippen LogP contribution in [-0.2, 0) is 14.3 Å². The molecule has 0 radical (unpaired) electrons. The minimum Gasteiger partial charge on any atom is -0.481 e. The van der Waals surface area contributed by atoms with Crippen LogP contribution in [0.5, 0.6) is 5.88 Å². The molecule has 0 amide bonds. The van der Waals surface area contributed by atoms with Crippen LogP contribution in [-0.4, -0.2) is 48.0 Å². The van der Waals surface area contributed by atoms with Crippen LogP contribution in [0.2, 0.25) is 0 Å². The molecule has 1 unspecified atom stereocenters. The quantitative estimate of drug-likeness (QED) is 0.444. The van der Waals surface area contributed by atoms with E-state index in [1.54, 1.807) is 6.92 Å². The van der Waals surface area contributed by atoms with Crippen LogP contribution in [0.1, 0.15) is 13.3 Å². The Hall–Kier alpha value is -2.71. The average Bonchev–Trinajstić information content (AvgIpc) is 2.88. The first-order chi connectivity index (χ1) is 10.5. The third-order valence-corrected chi connectivity index (χ3v) is 3.21. The number of esters is 1. The first-order valence-electron chi connectivity index (χ1n) is 6.62. The van der Waals surface area contributed by atoms with Crippen molar-refractivity contribution in [3.8, 4) is 5.88 Å². The number of hydrogen-bond donors (Lipinski definition) is 0. The number of carbonyl (C=O) groups excluding carboxylic acids is 2. The van der Waals surface area contributed by atoms with Gasteiger partial charge in [-0.2, -0.15) is 4.98 Å². The number of ketones is 1. The van der Waals surface area contributed by atoms with Crippen LogP contribution in [0.4, 0.5) is 11.5 Å². The lowest BCUT2D eigenvalue weighted by Crippen LogP contribution is -2.38. The summed E-state index contributed by atoms with van der Waals surface area (Å²) in [4.78, 5) is 39.5. The number of aromatic nitrogens is 1. The van der Waals surface area contributed by atoms with Gasteiger partial charge in [0.1, 0.15) is 6.04 Å². The highest BCUT2D eigenvalue weighted by Gasteiger charge is 2.40. The molecule has 118 valence electrons. The summed E-state index contributed by atoms with van der Waals surface area (Å²) in [7, 11) is 1.37. The molecule has 1 saturated heterocycles. The molecule has 2 rings (SSSR count). The Balaban J connectivity index is 2.45. The number of ether oxygens (including phenoxy) is 2. The molecule has 1 aromatic rings. The normalized spacial score (nSPS) is 17.5. The minimum atomic E-state index is -0.911. The highest BCUT2D eigenvalue weighted by atomic mass is 16.6. The van der Waals surface area contributed by atoms with Crippen molar-refractivity contribution in [2.24, 2.45) is 0 Å². The topological polar surface area (TPSA) is 112 Å². The summed E-state index contributed by atoms with van der Waals surface area (Å²) in [5.41, 5.74) is -0.301. The van der Waals surface area contributed by atoms with Crippen molar-refractivity contribution in [1.82, 2.24) is 4.98 Å². The molecule has 1 aliphatic rings. The number of methoxy groups -OCH3 is 1. The maximum absolute atomic E-state index is 12.0. The van der Waals surface area contributed by atoms with Gasteiger partial charge >= 0.3 is 11.7 Å². The molecule has 1 aromatic heterocycles. The van der Waals surface area contributed by atoms with E-state index in [2.05, 4.69) is 4.98 Å². The zero-order chi connectivity index (χ0) is 16.3. The van der Waals surface area contributed by atoms with Gasteiger partial charge in [-0.1, -0.05) is 0 Å². The Kier molecular flexibility index (Phi) is 4.54. The van der Waals surface area contributed by atoms with Crippen molar-refractivity contribution in [3.63, 3.8) is 0 Å². The second kappa shape index (κ2) is 6.37. The Labute approximate surface area is 126 Å². The molecular weight excluding hydrogens is 294 g/mol. The van der Waals surface area contributed by atoms with E-state index in [0.29, 0.717) is 0 Å². The van der Waals surface area contributed by atoms with Crippen molar-refractivity contribution >= 4 is 23.3 Å². The molecule has 0 saturated carbocycles. The summed E-state index contributed by atoms with van der Waals surface area (Å²) in [6.45, 7) is 1.67. The SMILES string of the molecule is CCOC(=O)C1CC(=O)CN1c1nc(OC)ccc1[N+](=O)[O-]. The molecule has 9 heteroatoms. The molecule has 0 bridgehead atoms. The van der Waals surface area contributed by atoms with Crippen molar-refractivity contribution < 1.29 is 24.0 Å². The molecule has 1 aliphatic heterocycles. The Bertz CT molecular complexity index is 618. The van der Waals surface area contributed by atoms with E-state index in [1.807, 2.05) is 0 Å². The van der Waals surface area contributed by atoms with Gasteiger partial charge in [0.2, 0.25) is 11.7 Å². The summed E-state index contributed by atoms with van der Waals surface area (Å²) in [6.07, 6.45) is -0.0606. The highest BCUT2D eigenvalue weighted by molar-refractivity contribution is 5.97. The average molecular weight is 309 g/mol. The summed E-state index contributed by atoms with van der Waals surface area (Å²) >= 11 is 0. The lowest BCUT2D eigenvalue weighted by molar-refractivity contribution is -0.384. The van der Waals surface area contributed by atoms with Gasteiger partial charge in [0.15, 0.2) is 5.78 Å². The molecule has 22 heavy (non-hydrogen) atoms. The van der Waals surface area contributed by atoms with Gasteiger partial charge in [0.25, 0.3) is 0 Å². The van der Waals surface area contributed by atoms with Crippen LogP contribution in [0, 0.1) is 10.1 Å². The fourth-order valence-corrected chi connectivity index (χ4v) is 2.25. The van der Waals surface area contributed by atoms with Crippen LogP contribution < -0.4 is 9.64 Å². The maximum Gasteiger partial charge on any atom is 0.329 e. The lowest BCUT2D eigenvalue weighted by Gasteiger charge is -2.23. The lowest BCUT2D eigenvalue weighted by atomic mass is 10.2. The Morgan fingerprint density at radius 2 is 2.27 bits per heavy atom. The van der Waals surface area contributed by atoms with Crippen LogP contribution in [0.3, 0.4) is 0 Å². The monoisotopic (exact) mass is 309 g/mol. The number of hydrogen-bond acceptors (Lipinski definition) is 8. The van der Waals surface area contributed by atoms with Crippen LogP contribution >= 0.6 is 0 Å². The van der Waals surface area contributed by atoms with E-state index >= 15 is 0 Å². The van der Waals surface area contributed by atoms with E-state index in [4.69, 9.17) is 9.47 Å². The number of pyridine rings is 1. The van der Waals surface area contributed by atoms with Crippen molar-refractivity contribution in [2.75, 3.05) is 25.2 Å². The van der Waals surface area contributed by atoms with Crippen LogP contribution in [0.15, 0.2) is 12.1 Å². The largest absolute Gasteiger partial charge is 0.481 e. The van der Waals surface area contributed by atoms with E-state index in [9.17, 15) is 19.7 Å². The fraction of sp³-hybridized carbons (Fsp3) is 0.462. The van der Waals surface area contributed by atoms with Gasteiger partial charge in [-0.3, -0.25) is 14.9 Å². The first kappa shape index (κ1) is 15.7. The number of nitrogens with zero attached hydrogens (tertiary/aromatic N) is 3. The summed E-state index contributed by atoms with van der Waals surface area (Å²) < 4.78 is 9.88. The van der Waals surface area contributed by atoms with Crippen LogP contribution in [0.25, 0.3) is 0 Å². The summed E-state index contributed by atoms with van der Waals surface area (Å²) in [5.74, 6) is -0.736. The summed E-state index contributed by atoms with van der Waals surface area (Å²) in [6, 6.07) is 1.66. The number of carbonyl (C=O) groups is 2. The van der Waals surface area contributed by atoms with Gasteiger partial charge in [0.05, 0.1) is 25.2 Å². The number of Topliss-reactive ketones (excluding diaryl/α,β-unsaturated/α-hetero) is 1. The zero-order valence-electron chi connectivity index (χ0n) is 12.1. The molecular formula is C13H15N3O6. The molecule has 2 heterocycles. The fourth-order valence-electron chi connectivity index (χ4n) is 2.25. The molecule has 9 nitrogen and oxygen atoms in total. The van der Waals surface area contributed by atoms with E-state index < -0.39 is 16.9 Å². The first-order valence-corrected chi connectivity index (χ1v) is 6.62. The third kappa shape index (κ3) is 2.97. The van der Waals surface area contributed by atoms with Gasteiger partial charge in [-0.25, -0.2) is 4.79 Å². The Morgan fingerprint density at radius 1 is 1.55 bits per heavy atom. The van der Waals surface area contributed by atoms with E-state index in [0.717, 1.165) is 0 Å². The van der Waals surface area contributed by atoms with Gasteiger partial charge in [-0.15, -0.1) is 0 Å². The molecule has 0 N–H and O–H groups in total. The van der Waals surface area contributed by atoms with E-state index in [-0.39, 0.29) is 42.7 Å². The third-order valence-electron chi connectivity index (χ3n) is 3.21. The van der Waals surface area contributed by atoms with Gasteiger partial charge < -0.3 is 14.4 Å². The number of anilines is 1. The van der Waals surface area contributed by atoms with Gasteiger partial charge in [0, 0.05) is 18.6 Å². The van der Waals surface area contributed by atoms with Crippen molar-refractivity contribution in [1.29, 1.82) is 0 Å². The second-order valence-electron chi connectivity index (χ2n) is 4.59. The molecule has 0 aliphatic carbocycles. The predicted octanol–water partition coefficient (Wildman–Crippen LogP) is 0.709. The standard InChI is InChI=1S/C13H15N3O6/c1-3-22-13(18)10-6-8(17)7-15(10)12-9(16(19)20)4-5-11(14-12)21-2/h4-5,10H,3,6-7H2,1-2H3. The minimum absolute atomic E-state index is 0.0606. The molecule has 1 fully saturated rings. The smallest absolute Gasteiger partial charge is 0.329 e. The second-order valence-corrected chi connectivity index (χ2v) is 4.59. The highest BCUT2D eigenvalue weighted by Crippen LogP contribution is 2.33. The van der Waals surface area contributed by atoms with E-state index in [1.165, 1.54) is 24.1 Å². The van der Waals surface area contributed by atoms with Crippen molar-refractivity contribution in [3.05, 3.63) is 22.2 Å². The molecule has 0 spiro atoms. The maximum atomic E-state index is 12.0. The van der Waals surface area contributed by atoms with Gasteiger partial charge in [-0.05, 0) is 6.92 Å². The predicted molar refractivity (Wildman–Crippen MR) is 74.8 cm³/mol. The van der Waals surface area contributed by atoms with Crippen molar-refractivity contribution in [2.45, 2.75) is 19.4 Å². The molecule has 1 atom stereocenters. The zero-order valence-corrected chi connectivity index (χ0v) is 12.1.